The second-order valence-electron chi connectivity index (χ2n) is 8.20. The van der Waals surface area contributed by atoms with Gasteiger partial charge in [0.1, 0.15) is 0 Å². The molecule has 2 aromatic rings. The van der Waals surface area contributed by atoms with E-state index >= 15 is 0 Å². The zero-order chi connectivity index (χ0) is 16.5. The van der Waals surface area contributed by atoms with E-state index in [0.717, 1.165) is 17.2 Å². The fourth-order valence-corrected chi connectivity index (χ4v) is 6.53. The normalized spacial score (nSPS) is 30.2. The Labute approximate surface area is 147 Å². The van der Waals surface area contributed by atoms with Gasteiger partial charge >= 0.3 is 0 Å². The summed E-state index contributed by atoms with van der Waals surface area (Å²) in [6.45, 7) is 6.88. The van der Waals surface area contributed by atoms with Crippen molar-refractivity contribution in [1.82, 2.24) is 4.90 Å². The lowest BCUT2D eigenvalue weighted by atomic mass is 9.70. The van der Waals surface area contributed by atoms with Crippen molar-refractivity contribution in [2.24, 2.45) is 11.8 Å². The monoisotopic (exact) mass is 339 g/mol. The summed E-state index contributed by atoms with van der Waals surface area (Å²) in [6, 6.07) is 6.47. The molecule has 0 radical (unpaired) electrons. The van der Waals surface area contributed by atoms with Crippen LogP contribution in [0.25, 0.3) is 10.1 Å². The van der Waals surface area contributed by atoms with E-state index in [1.807, 2.05) is 0 Å². The average Bonchev–Trinajstić information content (AvgIpc) is 3.24. The highest BCUT2D eigenvalue weighted by Gasteiger charge is 2.60. The first kappa shape index (κ1) is 15.1. The molecule has 0 unspecified atom stereocenters. The van der Waals surface area contributed by atoms with Gasteiger partial charge in [0.15, 0.2) is 5.78 Å². The summed E-state index contributed by atoms with van der Waals surface area (Å²) in [7, 11) is 0. The van der Waals surface area contributed by atoms with Gasteiger partial charge in [0.2, 0.25) is 0 Å². The highest BCUT2D eigenvalue weighted by molar-refractivity contribution is 7.21. The fraction of sp³-hybridized carbons (Fsp3) is 0.571. The first-order chi connectivity index (χ1) is 11.6. The molecule has 3 saturated heterocycles. The Kier molecular flexibility index (Phi) is 3.24. The average molecular weight is 340 g/mol. The lowest BCUT2D eigenvalue weighted by molar-refractivity contribution is -0.0273. The van der Waals surface area contributed by atoms with Crippen LogP contribution >= 0.6 is 11.3 Å². The van der Waals surface area contributed by atoms with E-state index in [2.05, 4.69) is 36.9 Å². The molecule has 6 rings (SSSR count). The van der Waals surface area contributed by atoms with Gasteiger partial charge in [-0.3, -0.25) is 9.69 Å². The molecule has 1 aromatic carbocycles. The summed E-state index contributed by atoms with van der Waals surface area (Å²) in [5, 5.41) is 1.24. The second-order valence-corrected chi connectivity index (χ2v) is 9.25. The summed E-state index contributed by atoms with van der Waals surface area (Å²) >= 11 is 1.71. The van der Waals surface area contributed by atoms with Gasteiger partial charge in [-0.05, 0) is 87.0 Å². The number of thiophene rings is 1. The summed E-state index contributed by atoms with van der Waals surface area (Å²) in [5.41, 5.74) is 3.07. The minimum absolute atomic E-state index is 0.387. The van der Waals surface area contributed by atoms with Crippen LogP contribution in [0.5, 0.6) is 0 Å². The van der Waals surface area contributed by atoms with Crippen molar-refractivity contribution in [2.75, 3.05) is 13.1 Å². The van der Waals surface area contributed by atoms with E-state index in [9.17, 15) is 4.79 Å². The van der Waals surface area contributed by atoms with E-state index < -0.39 is 0 Å². The van der Waals surface area contributed by atoms with Crippen molar-refractivity contribution in [3.63, 3.8) is 0 Å². The van der Waals surface area contributed by atoms with Gasteiger partial charge < -0.3 is 0 Å². The van der Waals surface area contributed by atoms with Crippen LogP contribution < -0.4 is 0 Å². The van der Waals surface area contributed by atoms with Crippen LogP contribution in [0.2, 0.25) is 0 Å². The topological polar surface area (TPSA) is 20.3 Å². The van der Waals surface area contributed by atoms with Crippen LogP contribution in [-0.2, 0) is 0 Å². The number of fused-ring (bicyclic) bond motifs is 3. The third-order valence-electron chi connectivity index (χ3n) is 7.08. The van der Waals surface area contributed by atoms with Gasteiger partial charge in [0, 0.05) is 16.7 Å². The van der Waals surface area contributed by atoms with Gasteiger partial charge in [-0.2, -0.15) is 0 Å². The van der Waals surface area contributed by atoms with E-state index in [-0.39, 0.29) is 0 Å². The molecule has 1 atom stereocenters. The van der Waals surface area contributed by atoms with Gasteiger partial charge in [-0.25, -0.2) is 0 Å². The van der Waals surface area contributed by atoms with Crippen molar-refractivity contribution in [2.45, 2.75) is 51.5 Å². The van der Waals surface area contributed by atoms with Crippen LogP contribution in [0, 0.1) is 25.7 Å². The molecule has 4 aliphatic rings. The molecule has 3 aliphatic heterocycles. The molecule has 1 aliphatic carbocycles. The van der Waals surface area contributed by atoms with Gasteiger partial charge in [-0.15, -0.1) is 11.3 Å². The summed E-state index contributed by atoms with van der Waals surface area (Å²) in [5.74, 6) is 1.79. The Bertz CT molecular complexity index is 824. The van der Waals surface area contributed by atoms with Crippen LogP contribution in [0.15, 0.2) is 18.2 Å². The molecule has 2 nitrogen and oxygen atoms in total. The smallest absolute Gasteiger partial charge is 0.173 e. The number of hydrogen-bond acceptors (Lipinski definition) is 3. The van der Waals surface area contributed by atoms with Crippen molar-refractivity contribution in [3.05, 3.63) is 34.2 Å². The van der Waals surface area contributed by atoms with Crippen molar-refractivity contribution in [3.8, 4) is 0 Å². The zero-order valence-corrected chi connectivity index (χ0v) is 15.4. The Hall–Kier alpha value is -1.19. The number of rotatable bonds is 3. The molecule has 0 amide bonds. The zero-order valence-electron chi connectivity index (χ0n) is 14.6. The third-order valence-corrected chi connectivity index (χ3v) is 8.39. The van der Waals surface area contributed by atoms with Crippen LogP contribution in [-0.4, -0.2) is 29.3 Å². The van der Waals surface area contributed by atoms with E-state index in [1.54, 1.807) is 11.3 Å². The molecule has 1 saturated carbocycles. The third kappa shape index (κ3) is 2.07. The number of piperidine rings is 3. The molecule has 24 heavy (non-hydrogen) atoms. The number of ketones is 1. The van der Waals surface area contributed by atoms with Crippen molar-refractivity contribution < 1.29 is 4.79 Å². The Morgan fingerprint density at radius 2 is 2.00 bits per heavy atom. The minimum Gasteiger partial charge on any atom is -0.297 e. The molecule has 4 fully saturated rings. The molecule has 0 N–H and O–H groups in total. The first-order valence-corrected chi connectivity index (χ1v) is 10.2. The van der Waals surface area contributed by atoms with Crippen LogP contribution in [0.4, 0.5) is 0 Å². The Balaban J connectivity index is 1.44. The number of carbonyl (C=O) groups is 1. The predicted molar refractivity (Wildman–Crippen MR) is 100.0 cm³/mol. The molecular weight excluding hydrogens is 314 g/mol. The summed E-state index contributed by atoms with van der Waals surface area (Å²) in [6.07, 6.45) is 6.04. The molecule has 2 bridgehead atoms. The predicted octanol–water partition coefficient (Wildman–Crippen LogP) is 4.97. The summed E-state index contributed by atoms with van der Waals surface area (Å²) < 4.78 is 1.30. The van der Waals surface area contributed by atoms with Gasteiger partial charge in [-0.1, -0.05) is 12.1 Å². The SMILES string of the molecule is Cc1ccc2cc(C(=O)C[C@@H]3C4CCN(CC4)C34CC4)sc2c1C. The van der Waals surface area contributed by atoms with Gasteiger partial charge in [0.25, 0.3) is 0 Å². The largest absolute Gasteiger partial charge is 0.297 e. The molecular formula is C21H25NOS. The standard InChI is InChI=1S/C21H25NOS/c1-13-3-4-16-11-19(24-20(16)14(13)2)18(23)12-17-15-5-9-22(10-6-15)21(17)7-8-21/h3-4,11,15,17H,5-10,12H2,1-2H3/t17-/m1/s1. The second kappa shape index (κ2) is 5.15. The molecule has 3 heteroatoms. The summed E-state index contributed by atoms with van der Waals surface area (Å²) in [4.78, 5) is 16.8. The molecule has 126 valence electrons. The number of nitrogens with zero attached hydrogens (tertiary/aromatic N) is 1. The lowest BCUT2D eigenvalue weighted by Gasteiger charge is -2.52. The molecule has 4 heterocycles. The lowest BCUT2D eigenvalue weighted by Crippen LogP contribution is -2.57. The maximum absolute atomic E-state index is 13.1. The van der Waals surface area contributed by atoms with Crippen molar-refractivity contribution >= 4 is 27.2 Å². The fourth-order valence-electron chi connectivity index (χ4n) is 5.37. The highest BCUT2D eigenvalue weighted by Crippen LogP contribution is 2.58. The Morgan fingerprint density at radius 1 is 1.25 bits per heavy atom. The van der Waals surface area contributed by atoms with E-state index in [1.165, 1.54) is 60.0 Å². The maximum Gasteiger partial charge on any atom is 0.173 e. The van der Waals surface area contributed by atoms with E-state index in [0.29, 0.717) is 17.2 Å². The van der Waals surface area contributed by atoms with Crippen molar-refractivity contribution in [1.29, 1.82) is 0 Å². The minimum atomic E-state index is 0.387. The van der Waals surface area contributed by atoms with Crippen LogP contribution in [0.3, 0.4) is 0 Å². The first-order valence-electron chi connectivity index (χ1n) is 9.36. The van der Waals surface area contributed by atoms with Crippen LogP contribution in [0.1, 0.15) is 52.9 Å². The number of hydrogen-bond donors (Lipinski definition) is 0. The van der Waals surface area contributed by atoms with E-state index in [4.69, 9.17) is 0 Å². The maximum atomic E-state index is 13.1. The quantitative estimate of drug-likeness (QED) is 0.736. The number of Topliss-reactive ketones (excluding diaryl/α,β-unsaturated/α-hetero) is 1. The number of benzene rings is 1. The highest BCUT2D eigenvalue weighted by atomic mass is 32.1. The number of aryl methyl sites for hydroxylation is 2. The molecule has 1 spiro atoms. The Morgan fingerprint density at radius 3 is 2.71 bits per heavy atom. The van der Waals surface area contributed by atoms with Gasteiger partial charge in [0.05, 0.1) is 4.88 Å². The number of carbonyl (C=O) groups excluding carboxylic acids is 1. The molecule has 1 aromatic heterocycles.